The molecule has 4 atom stereocenters. The summed E-state index contributed by atoms with van der Waals surface area (Å²) in [5.74, 6) is 1.51. The van der Waals surface area contributed by atoms with Crippen LogP contribution < -0.4 is 5.32 Å². The summed E-state index contributed by atoms with van der Waals surface area (Å²) in [4.78, 5) is 12.7. The summed E-state index contributed by atoms with van der Waals surface area (Å²) in [6, 6.07) is 0. The molecule has 0 bridgehead atoms. The van der Waals surface area contributed by atoms with Crippen LogP contribution in [0.5, 0.6) is 0 Å². The molecule has 0 radical (unpaired) electrons. The van der Waals surface area contributed by atoms with E-state index in [-0.39, 0.29) is 17.5 Å². The van der Waals surface area contributed by atoms with Gasteiger partial charge in [0, 0.05) is 6.54 Å². The van der Waals surface area contributed by atoms with E-state index in [9.17, 15) is 4.79 Å². The summed E-state index contributed by atoms with van der Waals surface area (Å²) in [7, 11) is 0. The summed E-state index contributed by atoms with van der Waals surface area (Å²) >= 11 is 0. The first-order chi connectivity index (χ1) is 9.57. The van der Waals surface area contributed by atoms with Crippen LogP contribution in [0.1, 0.15) is 65.7 Å². The van der Waals surface area contributed by atoms with Crippen LogP contribution in [0.2, 0.25) is 0 Å². The lowest BCUT2D eigenvalue weighted by atomic mass is 9.76. The molecule has 2 aliphatic rings. The second-order valence-electron chi connectivity index (χ2n) is 7.11. The van der Waals surface area contributed by atoms with Crippen LogP contribution in [0.15, 0.2) is 0 Å². The Morgan fingerprint density at radius 2 is 2.10 bits per heavy atom. The summed E-state index contributed by atoms with van der Waals surface area (Å²) in [6.45, 7) is 8.60. The maximum Gasteiger partial charge on any atom is 0.313 e. The van der Waals surface area contributed by atoms with E-state index >= 15 is 0 Å². The number of ether oxygens (including phenoxy) is 1. The van der Waals surface area contributed by atoms with Crippen molar-refractivity contribution in [1.82, 2.24) is 5.32 Å². The van der Waals surface area contributed by atoms with Crippen molar-refractivity contribution < 1.29 is 9.53 Å². The zero-order chi connectivity index (χ0) is 14.6. The lowest BCUT2D eigenvalue weighted by Gasteiger charge is -2.38. The van der Waals surface area contributed by atoms with E-state index < -0.39 is 0 Å². The third-order valence-corrected chi connectivity index (χ3v) is 5.46. The molecule has 1 aliphatic carbocycles. The van der Waals surface area contributed by atoms with Gasteiger partial charge >= 0.3 is 5.97 Å². The van der Waals surface area contributed by atoms with Gasteiger partial charge in [-0.3, -0.25) is 4.79 Å². The van der Waals surface area contributed by atoms with Crippen LogP contribution in [0.25, 0.3) is 0 Å². The van der Waals surface area contributed by atoms with Crippen molar-refractivity contribution >= 4 is 5.97 Å². The predicted octanol–water partition coefficient (Wildman–Crippen LogP) is 3.52. The van der Waals surface area contributed by atoms with Crippen molar-refractivity contribution in [2.45, 2.75) is 71.8 Å². The monoisotopic (exact) mass is 281 g/mol. The molecular weight excluding hydrogens is 250 g/mol. The van der Waals surface area contributed by atoms with Gasteiger partial charge in [-0.25, -0.2) is 0 Å². The lowest BCUT2D eigenvalue weighted by molar-refractivity contribution is -0.166. The van der Waals surface area contributed by atoms with Gasteiger partial charge in [-0.15, -0.1) is 0 Å². The number of carbonyl (C=O) groups excluding carboxylic acids is 1. The van der Waals surface area contributed by atoms with Crippen LogP contribution in [0, 0.1) is 17.3 Å². The van der Waals surface area contributed by atoms with Gasteiger partial charge in [-0.05, 0) is 56.9 Å². The minimum Gasteiger partial charge on any atom is -0.462 e. The molecule has 0 aromatic carbocycles. The van der Waals surface area contributed by atoms with Gasteiger partial charge in [-0.1, -0.05) is 27.2 Å². The predicted molar refractivity (Wildman–Crippen MR) is 81.5 cm³/mol. The molecule has 1 saturated heterocycles. The van der Waals surface area contributed by atoms with Crippen LogP contribution in [0.4, 0.5) is 0 Å². The molecule has 0 aromatic heterocycles. The number of hydrogen-bond donors (Lipinski definition) is 1. The molecule has 20 heavy (non-hydrogen) atoms. The molecule has 1 aliphatic heterocycles. The highest BCUT2D eigenvalue weighted by atomic mass is 16.5. The third kappa shape index (κ3) is 3.55. The summed E-state index contributed by atoms with van der Waals surface area (Å²) in [5.41, 5.74) is -0.251. The second-order valence-corrected chi connectivity index (χ2v) is 7.11. The van der Waals surface area contributed by atoms with Crippen molar-refractivity contribution in [1.29, 1.82) is 0 Å². The Morgan fingerprint density at radius 3 is 2.70 bits per heavy atom. The zero-order valence-corrected chi connectivity index (χ0v) is 13.4. The SMILES string of the molecule is CCCC1(C(=O)OC2CCC(C)C(C)C2)CCCNC1. The Morgan fingerprint density at radius 1 is 1.30 bits per heavy atom. The van der Waals surface area contributed by atoms with Gasteiger partial charge in [0.25, 0.3) is 0 Å². The quantitative estimate of drug-likeness (QED) is 0.801. The summed E-state index contributed by atoms with van der Waals surface area (Å²) in [6.07, 6.45) is 7.53. The van der Waals surface area contributed by atoms with Crippen LogP contribution >= 0.6 is 0 Å². The molecule has 3 nitrogen and oxygen atoms in total. The highest BCUT2D eigenvalue weighted by Gasteiger charge is 2.41. The maximum absolute atomic E-state index is 12.7. The first kappa shape index (κ1) is 15.8. The number of esters is 1. The molecule has 4 unspecified atom stereocenters. The fourth-order valence-electron chi connectivity index (χ4n) is 3.82. The Kier molecular flexibility index (Phi) is 5.48. The van der Waals surface area contributed by atoms with E-state index in [2.05, 4.69) is 26.1 Å². The highest BCUT2D eigenvalue weighted by molar-refractivity contribution is 5.77. The Labute approximate surface area is 123 Å². The standard InChI is InChI=1S/C17H31NO2/c1-4-8-17(9-5-10-18-12-17)16(19)20-15-7-6-13(2)14(3)11-15/h13-15,18H,4-12H2,1-3H3. The molecule has 116 valence electrons. The van der Waals surface area contributed by atoms with Crippen molar-refractivity contribution in [3.63, 3.8) is 0 Å². The summed E-state index contributed by atoms with van der Waals surface area (Å²) < 4.78 is 5.93. The number of piperidine rings is 1. The minimum atomic E-state index is -0.251. The Bertz CT molecular complexity index is 317. The van der Waals surface area contributed by atoms with E-state index in [1.54, 1.807) is 0 Å². The molecule has 2 rings (SSSR count). The number of nitrogens with one attached hydrogen (secondary N) is 1. The van der Waals surface area contributed by atoms with Gasteiger partial charge < -0.3 is 10.1 Å². The molecule has 1 saturated carbocycles. The van der Waals surface area contributed by atoms with Crippen molar-refractivity contribution in [3.8, 4) is 0 Å². The van der Waals surface area contributed by atoms with Gasteiger partial charge in [-0.2, -0.15) is 0 Å². The third-order valence-electron chi connectivity index (χ3n) is 5.46. The van der Waals surface area contributed by atoms with Crippen molar-refractivity contribution in [3.05, 3.63) is 0 Å². The van der Waals surface area contributed by atoms with E-state index in [1.165, 1.54) is 6.42 Å². The van der Waals surface area contributed by atoms with Crippen molar-refractivity contribution in [2.24, 2.45) is 17.3 Å². The molecule has 0 aromatic rings. The number of hydrogen-bond acceptors (Lipinski definition) is 3. The lowest BCUT2D eigenvalue weighted by Crippen LogP contribution is -2.47. The highest BCUT2D eigenvalue weighted by Crippen LogP contribution is 2.36. The van der Waals surface area contributed by atoms with Gasteiger partial charge in [0.05, 0.1) is 5.41 Å². The average molecular weight is 281 g/mol. The second kappa shape index (κ2) is 6.93. The first-order valence-electron chi connectivity index (χ1n) is 8.49. The summed E-state index contributed by atoms with van der Waals surface area (Å²) in [5, 5.41) is 3.39. The molecular formula is C17H31NO2. The minimum absolute atomic E-state index is 0.0679. The largest absolute Gasteiger partial charge is 0.462 e. The molecule has 2 fully saturated rings. The van der Waals surface area contributed by atoms with Gasteiger partial charge in [0.15, 0.2) is 0 Å². The molecule has 1 heterocycles. The van der Waals surface area contributed by atoms with Crippen molar-refractivity contribution in [2.75, 3.05) is 13.1 Å². The van der Waals surface area contributed by atoms with Crippen LogP contribution in [-0.4, -0.2) is 25.2 Å². The molecule has 3 heteroatoms. The molecule has 1 N–H and O–H groups in total. The van der Waals surface area contributed by atoms with E-state index in [4.69, 9.17) is 4.74 Å². The number of rotatable bonds is 4. The van der Waals surface area contributed by atoms with E-state index in [0.717, 1.165) is 57.5 Å². The fraction of sp³-hybridized carbons (Fsp3) is 0.941. The van der Waals surface area contributed by atoms with Gasteiger partial charge in [0.1, 0.15) is 6.10 Å². The Hall–Kier alpha value is -0.570. The van der Waals surface area contributed by atoms with E-state index in [0.29, 0.717) is 5.92 Å². The molecule has 0 spiro atoms. The van der Waals surface area contributed by atoms with E-state index in [1.807, 2.05) is 0 Å². The van der Waals surface area contributed by atoms with Crippen LogP contribution in [-0.2, 0) is 9.53 Å². The zero-order valence-electron chi connectivity index (χ0n) is 13.4. The normalized spacial score (nSPS) is 38.5. The fourth-order valence-corrected chi connectivity index (χ4v) is 3.82. The smallest absolute Gasteiger partial charge is 0.313 e. The maximum atomic E-state index is 12.7. The molecule has 0 amide bonds. The number of carbonyl (C=O) groups is 1. The average Bonchev–Trinajstić information content (AvgIpc) is 2.44. The van der Waals surface area contributed by atoms with Crippen LogP contribution in [0.3, 0.4) is 0 Å². The topological polar surface area (TPSA) is 38.3 Å². The Balaban J connectivity index is 1.94. The van der Waals surface area contributed by atoms with Gasteiger partial charge in [0.2, 0.25) is 0 Å². The first-order valence-corrected chi connectivity index (χ1v) is 8.49.